The summed E-state index contributed by atoms with van der Waals surface area (Å²) in [7, 11) is 0. The van der Waals surface area contributed by atoms with Crippen LogP contribution in [-0.4, -0.2) is 6.71 Å². The summed E-state index contributed by atoms with van der Waals surface area (Å²) in [6.45, 7) is 23.9. The molecule has 73 heavy (non-hydrogen) atoms. The highest BCUT2D eigenvalue weighted by molar-refractivity contribution is 7.00. The largest absolute Gasteiger partial charge is 0.311 e. The van der Waals surface area contributed by atoms with Crippen LogP contribution >= 0.6 is 0 Å². The first-order valence-corrected chi connectivity index (χ1v) is 26.3. The van der Waals surface area contributed by atoms with E-state index in [1.807, 2.05) is 0 Å². The first-order chi connectivity index (χ1) is 35.0. The van der Waals surface area contributed by atoms with Crippen molar-refractivity contribution in [2.75, 3.05) is 14.7 Å². The Bertz CT molecular complexity index is 3510. The van der Waals surface area contributed by atoms with E-state index in [0.717, 1.165) is 29.2 Å². The zero-order valence-electron chi connectivity index (χ0n) is 44.3. The third-order valence-corrected chi connectivity index (χ3v) is 16.1. The second-order valence-electron chi connectivity index (χ2n) is 24.2. The highest BCUT2D eigenvalue weighted by Gasteiger charge is 2.49. The van der Waals surface area contributed by atoms with Crippen LogP contribution in [0.4, 0.5) is 51.2 Å². The van der Waals surface area contributed by atoms with Gasteiger partial charge in [-0.1, -0.05) is 191 Å². The molecule has 2 heterocycles. The molecule has 0 unspecified atom stereocenters. The predicted molar refractivity (Wildman–Crippen MR) is 314 cm³/mol. The van der Waals surface area contributed by atoms with E-state index in [1.165, 1.54) is 89.3 Å². The summed E-state index contributed by atoms with van der Waals surface area (Å²) in [6.07, 6.45) is 1.08. The monoisotopic (exact) mass is 948 g/mol. The lowest BCUT2D eigenvalue weighted by atomic mass is 9.33. The summed E-state index contributed by atoms with van der Waals surface area (Å²) in [4.78, 5) is 7.69. The highest BCUT2D eigenvalue weighted by Crippen LogP contribution is 2.54. The molecule has 12 rings (SSSR count). The molecule has 0 saturated heterocycles. The molecule has 0 fully saturated rings. The van der Waals surface area contributed by atoms with Crippen molar-refractivity contribution in [3.05, 3.63) is 229 Å². The van der Waals surface area contributed by atoms with Crippen molar-refractivity contribution in [1.82, 2.24) is 0 Å². The summed E-state index contributed by atoms with van der Waals surface area (Å²) in [5.41, 5.74) is 24.8. The topological polar surface area (TPSA) is 9.72 Å². The van der Waals surface area contributed by atoms with Crippen molar-refractivity contribution < 1.29 is 0 Å². The molecule has 0 spiro atoms. The zero-order chi connectivity index (χ0) is 50.6. The van der Waals surface area contributed by atoms with Gasteiger partial charge in [-0.25, -0.2) is 0 Å². The van der Waals surface area contributed by atoms with E-state index >= 15 is 0 Å². The van der Waals surface area contributed by atoms with Gasteiger partial charge in [0.15, 0.2) is 0 Å². The first kappa shape index (κ1) is 46.5. The molecule has 0 amide bonds. The third kappa shape index (κ3) is 7.89. The number of hydrogen-bond acceptors (Lipinski definition) is 3. The molecule has 0 aromatic heterocycles. The Balaban J connectivity index is 1.21. The van der Waals surface area contributed by atoms with Crippen molar-refractivity contribution in [2.24, 2.45) is 0 Å². The number of para-hydroxylation sites is 2. The van der Waals surface area contributed by atoms with Gasteiger partial charge in [-0.05, 0) is 168 Å². The molecule has 9 aromatic rings. The van der Waals surface area contributed by atoms with E-state index < -0.39 is 0 Å². The standard InChI is InChI=1S/C69H66BN3/c1-66(2,3)49-33-37-60(55(39-49)48-25-17-12-18-26-48)73-62-44-57-56(68(7,8)45-69(57,9)10)43-59(62)70-58-42-54(71(51-27-19-13-20-28-51)52-29-21-14-22-30-52)36-38-61(58)72(63-40-50(67(4,5)6)41-64(73)65(63)70)53-34-31-47(32-35-53)46-23-15-11-16-24-46/h11-44H,45H2,1-10H3. The molecule has 360 valence electrons. The van der Waals surface area contributed by atoms with Crippen molar-refractivity contribution in [2.45, 2.75) is 97.3 Å². The molecule has 0 saturated carbocycles. The Morgan fingerprint density at radius 1 is 0.397 bits per heavy atom. The van der Waals surface area contributed by atoms with Crippen LogP contribution in [0.2, 0.25) is 0 Å². The van der Waals surface area contributed by atoms with Gasteiger partial charge in [-0.2, -0.15) is 0 Å². The minimum absolute atomic E-state index is 0.00918. The summed E-state index contributed by atoms with van der Waals surface area (Å²) in [5.74, 6) is 0. The maximum Gasteiger partial charge on any atom is 0.252 e. The molecule has 3 nitrogen and oxygen atoms in total. The van der Waals surface area contributed by atoms with Gasteiger partial charge in [-0.3, -0.25) is 0 Å². The van der Waals surface area contributed by atoms with Crippen LogP contribution in [0.5, 0.6) is 0 Å². The van der Waals surface area contributed by atoms with Gasteiger partial charge in [0, 0.05) is 51.1 Å². The van der Waals surface area contributed by atoms with Crippen LogP contribution in [0.1, 0.15) is 97.9 Å². The zero-order valence-corrected chi connectivity index (χ0v) is 44.3. The maximum atomic E-state index is 2.68. The van der Waals surface area contributed by atoms with Gasteiger partial charge >= 0.3 is 0 Å². The number of hydrogen-bond donors (Lipinski definition) is 0. The second-order valence-corrected chi connectivity index (χ2v) is 24.2. The Hall–Kier alpha value is -7.56. The molecule has 0 N–H and O–H groups in total. The fraction of sp³-hybridized carbons (Fsp3) is 0.217. The lowest BCUT2D eigenvalue weighted by Gasteiger charge is -2.46. The minimum Gasteiger partial charge on any atom is -0.311 e. The first-order valence-electron chi connectivity index (χ1n) is 26.3. The summed E-state index contributed by atoms with van der Waals surface area (Å²) >= 11 is 0. The van der Waals surface area contributed by atoms with Crippen molar-refractivity contribution in [1.29, 1.82) is 0 Å². The molecule has 3 aliphatic rings. The van der Waals surface area contributed by atoms with Crippen LogP contribution in [0.3, 0.4) is 0 Å². The Labute approximate surface area is 434 Å². The molecule has 0 radical (unpaired) electrons. The van der Waals surface area contributed by atoms with Gasteiger partial charge in [0.25, 0.3) is 6.71 Å². The summed E-state index contributed by atoms with van der Waals surface area (Å²) < 4.78 is 0. The molecule has 0 atom stereocenters. The average Bonchev–Trinajstić information content (AvgIpc) is 3.58. The van der Waals surface area contributed by atoms with Crippen molar-refractivity contribution in [3.8, 4) is 22.3 Å². The Morgan fingerprint density at radius 3 is 1.47 bits per heavy atom. The van der Waals surface area contributed by atoms with Gasteiger partial charge in [0.1, 0.15) is 0 Å². The van der Waals surface area contributed by atoms with Gasteiger partial charge < -0.3 is 14.7 Å². The van der Waals surface area contributed by atoms with Crippen molar-refractivity contribution in [3.63, 3.8) is 0 Å². The van der Waals surface area contributed by atoms with E-state index in [1.54, 1.807) is 0 Å². The highest BCUT2D eigenvalue weighted by atomic mass is 15.2. The molecule has 1 aliphatic carbocycles. The van der Waals surface area contributed by atoms with Crippen LogP contribution in [0.25, 0.3) is 22.3 Å². The van der Waals surface area contributed by atoms with Gasteiger partial charge in [0.2, 0.25) is 0 Å². The Kier molecular flexibility index (Phi) is 10.8. The fourth-order valence-electron chi connectivity index (χ4n) is 12.6. The average molecular weight is 948 g/mol. The quantitative estimate of drug-likeness (QED) is 0.147. The number of anilines is 9. The molecule has 4 heteroatoms. The predicted octanol–water partition coefficient (Wildman–Crippen LogP) is 17.1. The summed E-state index contributed by atoms with van der Waals surface area (Å²) in [5, 5.41) is 0. The van der Waals surface area contributed by atoms with Gasteiger partial charge in [-0.15, -0.1) is 0 Å². The minimum atomic E-state index is -0.159. The van der Waals surface area contributed by atoms with E-state index in [-0.39, 0.29) is 28.4 Å². The van der Waals surface area contributed by atoms with Crippen molar-refractivity contribution >= 4 is 74.3 Å². The fourth-order valence-corrected chi connectivity index (χ4v) is 12.6. The lowest BCUT2D eigenvalue weighted by molar-refractivity contribution is 0.403. The lowest BCUT2D eigenvalue weighted by Crippen LogP contribution is -2.61. The van der Waals surface area contributed by atoms with Crippen LogP contribution in [0, 0.1) is 0 Å². The maximum absolute atomic E-state index is 2.68. The van der Waals surface area contributed by atoms with E-state index in [4.69, 9.17) is 0 Å². The number of rotatable bonds is 7. The smallest absolute Gasteiger partial charge is 0.252 e. The number of nitrogens with zero attached hydrogens (tertiary/aromatic N) is 3. The van der Waals surface area contributed by atoms with Crippen LogP contribution < -0.4 is 31.1 Å². The molecule has 0 bridgehead atoms. The molecular formula is C69H66BN3. The third-order valence-electron chi connectivity index (χ3n) is 16.1. The molecular weight excluding hydrogens is 882 g/mol. The normalized spacial score (nSPS) is 15.1. The van der Waals surface area contributed by atoms with E-state index in [0.29, 0.717) is 0 Å². The molecule has 9 aromatic carbocycles. The number of benzene rings is 9. The van der Waals surface area contributed by atoms with Gasteiger partial charge in [0.05, 0.1) is 5.69 Å². The van der Waals surface area contributed by atoms with Crippen LogP contribution in [0.15, 0.2) is 206 Å². The summed E-state index contributed by atoms with van der Waals surface area (Å²) in [6, 6.07) is 77.7. The van der Waals surface area contributed by atoms with Crippen LogP contribution in [-0.2, 0) is 21.7 Å². The second kappa shape index (κ2) is 17.0. The molecule has 2 aliphatic heterocycles. The van der Waals surface area contributed by atoms with E-state index in [9.17, 15) is 0 Å². The number of fused-ring (bicyclic) bond motifs is 5. The van der Waals surface area contributed by atoms with E-state index in [2.05, 4.69) is 290 Å². The Morgan fingerprint density at radius 2 is 0.890 bits per heavy atom. The SMILES string of the molecule is CC(C)(C)c1ccc(N2c3cc4c(cc3B3c5cc(N(c6ccccc6)c6ccccc6)ccc5N(c5ccc(-c6ccccc6)cc5)c5cc(C(C)(C)C)cc2c53)C(C)(C)CC4(C)C)c(-c2ccccc2)c1.